The monoisotopic (exact) mass is 340 g/mol. The zero-order valence-corrected chi connectivity index (χ0v) is 14.4. The number of nitrogens with one attached hydrogen (secondary N) is 1. The molecule has 128 valence electrons. The van der Waals surface area contributed by atoms with Gasteiger partial charge >= 0.3 is 6.03 Å². The second-order valence-electron chi connectivity index (χ2n) is 6.02. The lowest BCUT2D eigenvalue weighted by Gasteiger charge is -2.30. The standard InChI is InChI=1S/C16H24N2O4S/c1-13-4-3-10-18(12-13)16(19)17-9-11-22-14-5-7-15(8-6-14)23(2,20)21/h5-8,13H,3-4,9-12H2,1-2H3,(H,17,19). The Kier molecular flexibility index (Phi) is 5.87. The van der Waals surface area contributed by atoms with E-state index in [4.69, 9.17) is 4.74 Å². The largest absolute Gasteiger partial charge is 0.492 e. The molecule has 1 aromatic rings. The van der Waals surface area contributed by atoms with Gasteiger partial charge < -0.3 is 15.0 Å². The summed E-state index contributed by atoms with van der Waals surface area (Å²) in [5, 5.41) is 2.84. The van der Waals surface area contributed by atoms with Crippen molar-refractivity contribution in [1.29, 1.82) is 0 Å². The van der Waals surface area contributed by atoms with Crippen LogP contribution in [0, 0.1) is 5.92 Å². The number of amides is 2. The molecule has 1 aromatic carbocycles. The van der Waals surface area contributed by atoms with Crippen molar-refractivity contribution in [3.05, 3.63) is 24.3 Å². The van der Waals surface area contributed by atoms with Crippen LogP contribution in [0.5, 0.6) is 5.75 Å². The average Bonchev–Trinajstić information content (AvgIpc) is 2.51. The Balaban J connectivity index is 1.72. The Labute approximate surface area is 137 Å². The lowest BCUT2D eigenvalue weighted by Crippen LogP contribution is -2.45. The fourth-order valence-electron chi connectivity index (χ4n) is 2.60. The first kappa shape index (κ1) is 17.6. The molecule has 23 heavy (non-hydrogen) atoms. The van der Waals surface area contributed by atoms with Crippen LogP contribution >= 0.6 is 0 Å². The smallest absolute Gasteiger partial charge is 0.317 e. The molecule has 7 heteroatoms. The zero-order chi connectivity index (χ0) is 16.9. The molecule has 1 unspecified atom stereocenters. The van der Waals surface area contributed by atoms with Crippen LogP contribution in [0.3, 0.4) is 0 Å². The summed E-state index contributed by atoms with van der Waals surface area (Å²) in [6.45, 7) is 4.53. The van der Waals surface area contributed by atoms with Crippen molar-refractivity contribution in [3.63, 3.8) is 0 Å². The number of benzene rings is 1. The maximum Gasteiger partial charge on any atom is 0.317 e. The summed E-state index contributed by atoms with van der Waals surface area (Å²) in [5.41, 5.74) is 0. The highest BCUT2D eigenvalue weighted by Gasteiger charge is 2.20. The van der Waals surface area contributed by atoms with Crippen molar-refractivity contribution < 1.29 is 17.9 Å². The normalized spacial score (nSPS) is 18.5. The van der Waals surface area contributed by atoms with Gasteiger partial charge in [0, 0.05) is 19.3 Å². The molecule has 0 spiro atoms. The van der Waals surface area contributed by atoms with Gasteiger partial charge in [-0.1, -0.05) is 6.92 Å². The molecule has 6 nitrogen and oxygen atoms in total. The topological polar surface area (TPSA) is 75.7 Å². The van der Waals surface area contributed by atoms with Gasteiger partial charge in [-0.15, -0.1) is 0 Å². The molecule has 1 aliphatic rings. The SMILES string of the molecule is CC1CCCN(C(=O)NCCOc2ccc(S(C)(=O)=O)cc2)C1. The zero-order valence-electron chi connectivity index (χ0n) is 13.6. The van der Waals surface area contributed by atoms with E-state index in [-0.39, 0.29) is 10.9 Å². The summed E-state index contributed by atoms with van der Waals surface area (Å²) in [4.78, 5) is 14.1. The molecule has 1 heterocycles. The van der Waals surface area contributed by atoms with Crippen molar-refractivity contribution in [2.45, 2.75) is 24.7 Å². The minimum Gasteiger partial charge on any atom is -0.492 e. The maximum absolute atomic E-state index is 12.0. The quantitative estimate of drug-likeness (QED) is 0.831. The third kappa shape index (κ3) is 5.42. The van der Waals surface area contributed by atoms with Crippen LogP contribution in [0.1, 0.15) is 19.8 Å². The number of piperidine rings is 1. The molecule has 0 radical (unpaired) electrons. The van der Waals surface area contributed by atoms with Gasteiger partial charge in [0.25, 0.3) is 0 Å². The number of ether oxygens (including phenoxy) is 1. The van der Waals surface area contributed by atoms with E-state index in [0.717, 1.165) is 19.5 Å². The van der Waals surface area contributed by atoms with Gasteiger partial charge in [-0.3, -0.25) is 0 Å². The van der Waals surface area contributed by atoms with Crippen LogP contribution in [-0.2, 0) is 9.84 Å². The van der Waals surface area contributed by atoms with Gasteiger partial charge in [0.1, 0.15) is 12.4 Å². The van der Waals surface area contributed by atoms with Crippen molar-refractivity contribution in [2.24, 2.45) is 5.92 Å². The van der Waals surface area contributed by atoms with Gasteiger partial charge in [0.2, 0.25) is 0 Å². The Morgan fingerprint density at radius 1 is 1.35 bits per heavy atom. The number of hydrogen-bond acceptors (Lipinski definition) is 4. The first-order valence-electron chi connectivity index (χ1n) is 7.82. The molecule has 1 N–H and O–H groups in total. The van der Waals surface area contributed by atoms with Crippen LogP contribution in [0.4, 0.5) is 4.79 Å². The van der Waals surface area contributed by atoms with E-state index in [1.807, 2.05) is 4.90 Å². The van der Waals surface area contributed by atoms with Crippen LogP contribution < -0.4 is 10.1 Å². The highest BCUT2D eigenvalue weighted by Crippen LogP contribution is 2.16. The molecule has 2 rings (SSSR count). The van der Waals surface area contributed by atoms with E-state index in [2.05, 4.69) is 12.2 Å². The fourth-order valence-corrected chi connectivity index (χ4v) is 3.23. The molecule has 0 saturated carbocycles. The second kappa shape index (κ2) is 7.68. The average molecular weight is 340 g/mol. The van der Waals surface area contributed by atoms with E-state index in [1.54, 1.807) is 12.1 Å². The van der Waals surface area contributed by atoms with Gasteiger partial charge in [-0.25, -0.2) is 13.2 Å². The van der Waals surface area contributed by atoms with Crippen molar-refractivity contribution in [2.75, 3.05) is 32.5 Å². The van der Waals surface area contributed by atoms with E-state index >= 15 is 0 Å². The minimum atomic E-state index is -3.19. The lowest BCUT2D eigenvalue weighted by atomic mass is 10.0. The summed E-state index contributed by atoms with van der Waals surface area (Å²) >= 11 is 0. The lowest BCUT2D eigenvalue weighted by molar-refractivity contribution is 0.167. The third-order valence-electron chi connectivity index (χ3n) is 3.84. The highest BCUT2D eigenvalue weighted by molar-refractivity contribution is 7.90. The predicted octanol–water partition coefficient (Wildman–Crippen LogP) is 1.91. The molecule has 1 fully saturated rings. The van der Waals surface area contributed by atoms with E-state index in [1.165, 1.54) is 24.8 Å². The molecule has 1 atom stereocenters. The molecule has 1 aliphatic heterocycles. The number of carbonyl (C=O) groups is 1. The molecule has 0 bridgehead atoms. The molecular formula is C16H24N2O4S. The molecule has 0 aromatic heterocycles. The van der Waals surface area contributed by atoms with Crippen molar-refractivity contribution >= 4 is 15.9 Å². The van der Waals surface area contributed by atoms with Crippen LogP contribution in [0.25, 0.3) is 0 Å². The number of hydrogen-bond donors (Lipinski definition) is 1. The summed E-state index contributed by atoms with van der Waals surface area (Å²) in [6, 6.07) is 6.21. The molecule has 1 saturated heterocycles. The van der Waals surface area contributed by atoms with Crippen LogP contribution in [0.15, 0.2) is 29.2 Å². The van der Waals surface area contributed by atoms with Gasteiger partial charge in [0.15, 0.2) is 9.84 Å². The number of rotatable bonds is 5. The Hall–Kier alpha value is -1.76. The van der Waals surface area contributed by atoms with Crippen molar-refractivity contribution in [1.82, 2.24) is 10.2 Å². The predicted molar refractivity (Wildman–Crippen MR) is 88.4 cm³/mol. The molecular weight excluding hydrogens is 316 g/mol. The number of urea groups is 1. The summed E-state index contributed by atoms with van der Waals surface area (Å²) < 4.78 is 28.2. The summed E-state index contributed by atoms with van der Waals surface area (Å²) in [6.07, 6.45) is 3.40. The Bertz CT molecular complexity index is 628. The van der Waals surface area contributed by atoms with E-state index in [9.17, 15) is 13.2 Å². The summed E-state index contributed by atoms with van der Waals surface area (Å²) in [5.74, 6) is 1.14. The number of nitrogens with zero attached hydrogens (tertiary/aromatic N) is 1. The second-order valence-corrected chi connectivity index (χ2v) is 8.03. The van der Waals surface area contributed by atoms with Gasteiger partial charge in [-0.2, -0.15) is 0 Å². The number of sulfone groups is 1. The first-order valence-corrected chi connectivity index (χ1v) is 9.71. The summed E-state index contributed by atoms with van der Waals surface area (Å²) in [7, 11) is -3.19. The Morgan fingerprint density at radius 3 is 2.65 bits per heavy atom. The van der Waals surface area contributed by atoms with Crippen molar-refractivity contribution in [3.8, 4) is 5.75 Å². The fraction of sp³-hybridized carbons (Fsp3) is 0.562. The minimum absolute atomic E-state index is 0.0485. The number of carbonyl (C=O) groups excluding carboxylic acids is 1. The number of likely N-dealkylation sites (tertiary alicyclic amines) is 1. The van der Waals surface area contributed by atoms with E-state index < -0.39 is 9.84 Å². The van der Waals surface area contributed by atoms with E-state index in [0.29, 0.717) is 24.8 Å². The third-order valence-corrected chi connectivity index (χ3v) is 4.97. The van der Waals surface area contributed by atoms with Gasteiger partial charge in [0.05, 0.1) is 11.4 Å². The van der Waals surface area contributed by atoms with Crippen LogP contribution in [-0.4, -0.2) is 51.8 Å². The highest BCUT2D eigenvalue weighted by atomic mass is 32.2. The van der Waals surface area contributed by atoms with Crippen LogP contribution in [0.2, 0.25) is 0 Å². The Morgan fingerprint density at radius 2 is 2.04 bits per heavy atom. The molecule has 2 amide bonds. The molecule has 0 aliphatic carbocycles. The first-order chi connectivity index (χ1) is 10.9. The van der Waals surface area contributed by atoms with Gasteiger partial charge in [-0.05, 0) is 43.0 Å². The maximum atomic E-state index is 12.0.